The molecule has 0 radical (unpaired) electrons. The van der Waals surface area contributed by atoms with Crippen LogP contribution >= 0.6 is 0 Å². The van der Waals surface area contributed by atoms with Crippen LogP contribution < -0.4 is 21.2 Å². The number of nitrogens with one attached hydrogen (secondary N) is 3. The summed E-state index contributed by atoms with van der Waals surface area (Å²) in [4.78, 5) is 16.0. The number of nitrogens with zero attached hydrogens (tertiary/aromatic N) is 3. The molecule has 0 amide bonds. The molecule has 128 valence electrons. The first-order chi connectivity index (χ1) is 12.9. The van der Waals surface area contributed by atoms with Crippen LogP contribution in [-0.2, 0) is 0 Å². The first-order valence-corrected chi connectivity index (χ1v) is 8.70. The highest BCUT2D eigenvalue weighted by Gasteiger charge is 2.22. The Balaban J connectivity index is 0.000000115. The second-order valence-corrected chi connectivity index (χ2v) is 6.34. The summed E-state index contributed by atoms with van der Waals surface area (Å²) >= 11 is 0. The van der Waals surface area contributed by atoms with Gasteiger partial charge in [0.1, 0.15) is 5.52 Å². The number of H-pyrrole nitrogens is 1. The van der Waals surface area contributed by atoms with Gasteiger partial charge in [0.2, 0.25) is 0 Å². The van der Waals surface area contributed by atoms with Crippen molar-refractivity contribution >= 4 is 33.7 Å². The van der Waals surface area contributed by atoms with Gasteiger partial charge in [0.25, 0.3) is 0 Å². The summed E-state index contributed by atoms with van der Waals surface area (Å²) in [5, 5.41) is 10.2. The van der Waals surface area contributed by atoms with Crippen molar-refractivity contribution in [3.63, 3.8) is 0 Å². The van der Waals surface area contributed by atoms with Crippen LogP contribution in [0.5, 0.6) is 0 Å². The van der Waals surface area contributed by atoms with Crippen molar-refractivity contribution in [2.24, 2.45) is 0 Å². The van der Waals surface area contributed by atoms with E-state index in [1.807, 2.05) is 36.5 Å². The Labute approximate surface area is 149 Å². The fraction of sp³-hybridized carbons (Fsp3) is 0.150. The number of hydrogen-bond donors (Lipinski definition) is 3. The number of pyridine rings is 2. The molecular weight excluding hydrogens is 324 g/mol. The van der Waals surface area contributed by atoms with E-state index in [1.54, 1.807) is 12.5 Å². The van der Waals surface area contributed by atoms with Gasteiger partial charge in [0.05, 0.1) is 41.1 Å². The predicted molar refractivity (Wildman–Crippen MR) is 102 cm³/mol. The number of fused-ring (bicyclic) bond motifs is 5. The van der Waals surface area contributed by atoms with Gasteiger partial charge >= 0.3 is 0 Å². The molecule has 6 nitrogen and oxygen atoms in total. The average molecular weight is 342 g/mol. The minimum atomic E-state index is 0.461. The zero-order valence-corrected chi connectivity index (χ0v) is 14.1. The van der Waals surface area contributed by atoms with E-state index < -0.39 is 0 Å². The minimum absolute atomic E-state index is 0.461. The van der Waals surface area contributed by atoms with Crippen molar-refractivity contribution < 1.29 is 0 Å². The molecule has 4 aromatic rings. The maximum Gasteiger partial charge on any atom is 0.114 e. The smallest absolute Gasteiger partial charge is 0.114 e. The van der Waals surface area contributed by atoms with Crippen molar-refractivity contribution in [2.45, 2.75) is 12.5 Å². The summed E-state index contributed by atoms with van der Waals surface area (Å²) in [5.74, 6) is 0. The van der Waals surface area contributed by atoms with Gasteiger partial charge in [0.15, 0.2) is 0 Å². The summed E-state index contributed by atoms with van der Waals surface area (Å²) in [6.07, 6.45) is 8.65. The molecule has 1 saturated heterocycles. The van der Waals surface area contributed by atoms with Crippen LogP contribution in [-0.4, -0.2) is 32.6 Å². The number of hydrogen-bond acceptors (Lipinski definition) is 5. The van der Waals surface area contributed by atoms with Crippen LogP contribution in [0.3, 0.4) is 0 Å². The molecule has 1 fully saturated rings. The molecule has 0 spiro atoms. The van der Waals surface area contributed by atoms with Crippen LogP contribution in [0.2, 0.25) is 0 Å². The maximum absolute atomic E-state index is 4.39. The van der Waals surface area contributed by atoms with Gasteiger partial charge < -0.3 is 10.3 Å². The van der Waals surface area contributed by atoms with E-state index in [9.17, 15) is 0 Å². The topological polar surface area (TPSA) is 78.5 Å². The number of benzene rings is 1. The Morgan fingerprint density at radius 1 is 0.923 bits per heavy atom. The molecule has 3 aromatic heterocycles. The molecule has 1 atom stereocenters. The highest BCUT2D eigenvalue weighted by atomic mass is 15.2. The van der Waals surface area contributed by atoms with Gasteiger partial charge in [-0.15, -0.1) is 0 Å². The molecule has 1 aliphatic carbocycles. The van der Waals surface area contributed by atoms with Gasteiger partial charge in [-0.3, -0.25) is 15.3 Å². The highest BCUT2D eigenvalue weighted by Crippen LogP contribution is 2.19. The van der Waals surface area contributed by atoms with Gasteiger partial charge in [0, 0.05) is 17.8 Å². The second-order valence-electron chi connectivity index (χ2n) is 6.34. The lowest BCUT2D eigenvalue weighted by molar-refractivity contribution is 0.689. The molecule has 1 aliphatic heterocycles. The van der Waals surface area contributed by atoms with Crippen molar-refractivity contribution in [1.29, 1.82) is 0 Å². The standard InChI is InChI=1S/C10H11N3.C10H7N3/c2*1-2-7-3-4-8-10(13-6-12-8)9(7)11-5-1/h1-3,5,8,12-13H,4,6H2;1-6H,(H,12,13). The van der Waals surface area contributed by atoms with Gasteiger partial charge in [-0.1, -0.05) is 24.3 Å². The molecule has 1 aromatic carbocycles. The molecule has 6 heteroatoms. The van der Waals surface area contributed by atoms with Crippen LogP contribution in [0.15, 0.2) is 55.1 Å². The molecule has 4 heterocycles. The van der Waals surface area contributed by atoms with Gasteiger partial charge in [-0.2, -0.15) is 0 Å². The lowest BCUT2D eigenvalue weighted by atomic mass is 10.0. The largest absolute Gasteiger partial charge is 0.373 e. The summed E-state index contributed by atoms with van der Waals surface area (Å²) < 4.78 is 0. The number of imidazole rings is 1. The van der Waals surface area contributed by atoms with Crippen molar-refractivity contribution in [1.82, 2.24) is 30.6 Å². The molecule has 0 bridgehead atoms. The third-order valence-corrected chi connectivity index (χ3v) is 4.80. The summed E-state index contributed by atoms with van der Waals surface area (Å²) in [5.41, 5.74) is 4.20. The number of aromatic amines is 1. The monoisotopic (exact) mass is 342 g/mol. The van der Waals surface area contributed by atoms with Crippen molar-refractivity contribution in [3.05, 3.63) is 65.7 Å². The van der Waals surface area contributed by atoms with Gasteiger partial charge in [-0.25, -0.2) is 4.98 Å². The Morgan fingerprint density at radius 2 is 1.85 bits per heavy atom. The van der Waals surface area contributed by atoms with Crippen LogP contribution in [0.25, 0.3) is 33.7 Å². The lowest BCUT2D eigenvalue weighted by Crippen LogP contribution is -2.39. The fourth-order valence-electron chi connectivity index (χ4n) is 3.54. The summed E-state index contributed by atoms with van der Waals surface area (Å²) in [7, 11) is 0. The van der Waals surface area contributed by atoms with Crippen molar-refractivity contribution in [3.8, 4) is 0 Å². The molecule has 2 aliphatic rings. The SMILES string of the molecule is C1=c2cccnc2=C2NCNC2C1.c1cnc2c(c1)ccc1[nH]cnc12. The van der Waals surface area contributed by atoms with E-state index in [2.05, 4.69) is 42.7 Å². The third-order valence-electron chi connectivity index (χ3n) is 4.80. The van der Waals surface area contributed by atoms with E-state index in [0.717, 1.165) is 40.4 Å². The Hall–Kier alpha value is -3.25. The van der Waals surface area contributed by atoms with E-state index in [0.29, 0.717) is 6.04 Å². The van der Waals surface area contributed by atoms with Crippen molar-refractivity contribution in [2.75, 3.05) is 6.67 Å². The van der Waals surface area contributed by atoms with E-state index >= 15 is 0 Å². The Morgan fingerprint density at radius 3 is 2.85 bits per heavy atom. The Bertz CT molecular complexity index is 1210. The number of aromatic nitrogens is 4. The number of rotatable bonds is 0. The fourth-order valence-corrected chi connectivity index (χ4v) is 3.54. The molecule has 1 unspecified atom stereocenters. The van der Waals surface area contributed by atoms with E-state index in [-0.39, 0.29) is 0 Å². The van der Waals surface area contributed by atoms with Crippen LogP contribution in [0.1, 0.15) is 6.42 Å². The van der Waals surface area contributed by atoms with Crippen LogP contribution in [0.4, 0.5) is 0 Å². The molecule has 26 heavy (non-hydrogen) atoms. The van der Waals surface area contributed by atoms with Crippen LogP contribution in [0, 0.1) is 0 Å². The van der Waals surface area contributed by atoms with E-state index in [1.165, 1.54) is 10.9 Å². The quantitative estimate of drug-likeness (QED) is 0.444. The predicted octanol–water partition coefficient (Wildman–Crippen LogP) is 1.00. The second kappa shape index (κ2) is 6.24. The average Bonchev–Trinajstić information content (AvgIpc) is 3.38. The molecule has 3 N–H and O–H groups in total. The normalized spacial score (nSPS) is 17.7. The zero-order valence-electron chi connectivity index (χ0n) is 14.1. The lowest BCUT2D eigenvalue weighted by Gasteiger charge is -2.12. The zero-order chi connectivity index (χ0) is 17.3. The molecule has 6 rings (SSSR count). The summed E-state index contributed by atoms with van der Waals surface area (Å²) in [6, 6.07) is 12.6. The first-order valence-electron chi connectivity index (χ1n) is 8.70. The maximum atomic E-state index is 4.39. The molecule has 0 saturated carbocycles. The van der Waals surface area contributed by atoms with Gasteiger partial charge in [-0.05, 0) is 29.8 Å². The minimum Gasteiger partial charge on any atom is -0.373 e. The molecular formula is C20H18N6. The highest BCUT2D eigenvalue weighted by molar-refractivity contribution is 6.01. The third kappa shape index (κ3) is 2.51. The Kier molecular flexibility index (Phi) is 3.61. The van der Waals surface area contributed by atoms with E-state index in [4.69, 9.17) is 0 Å². The first kappa shape index (κ1) is 15.0. The summed E-state index contributed by atoms with van der Waals surface area (Å²) in [6.45, 7) is 0.865.